The molecule has 0 aliphatic carbocycles. The van der Waals surface area contributed by atoms with Crippen LogP contribution in [0.4, 0.5) is 4.79 Å². The molecule has 0 radical (unpaired) electrons. The summed E-state index contributed by atoms with van der Waals surface area (Å²) < 4.78 is 10.2. The average molecular weight is 259 g/mol. The number of hydrogen-bond donors (Lipinski definition) is 1. The van der Waals surface area contributed by atoms with Crippen LogP contribution in [0.2, 0.25) is 0 Å². The summed E-state index contributed by atoms with van der Waals surface area (Å²) in [6, 6.07) is -0.282. The van der Waals surface area contributed by atoms with Crippen molar-refractivity contribution >= 4 is 12.1 Å². The highest BCUT2D eigenvalue weighted by Crippen LogP contribution is 2.21. The topological polar surface area (TPSA) is 76.1 Å². The third kappa shape index (κ3) is 4.18. The van der Waals surface area contributed by atoms with Crippen LogP contribution in [0, 0.1) is 0 Å². The number of ether oxygens (including phenoxy) is 2. The molecule has 0 bridgehead atoms. The molecule has 6 nitrogen and oxygen atoms in total. The lowest BCUT2D eigenvalue weighted by molar-refractivity contribution is -0.130. The summed E-state index contributed by atoms with van der Waals surface area (Å²) in [5, 5.41) is 9.16. The lowest BCUT2D eigenvalue weighted by atomic mass is 10.2. The van der Waals surface area contributed by atoms with Gasteiger partial charge in [0.2, 0.25) is 5.91 Å². The van der Waals surface area contributed by atoms with Crippen LogP contribution in [0.3, 0.4) is 0 Å². The van der Waals surface area contributed by atoms with Gasteiger partial charge in [-0.2, -0.15) is 0 Å². The maximum Gasteiger partial charge on any atom is 0.509 e. The Morgan fingerprint density at radius 3 is 2.39 bits per heavy atom. The fraction of sp³-hybridized carbons (Fsp3) is 0.833. The van der Waals surface area contributed by atoms with Crippen molar-refractivity contribution in [2.45, 2.75) is 51.9 Å². The molecule has 0 spiro atoms. The highest BCUT2D eigenvalue weighted by atomic mass is 16.7. The van der Waals surface area contributed by atoms with E-state index in [4.69, 9.17) is 14.6 Å². The van der Waals surface area contributed by atoms with Gasteiger partial charge in [0.05, 0.1) is 19.2 Å². The number of nitrogens with zero attached hydrogens (tertiary/aromatic N) is 1. The smallest absolute Gasteiger partial charge is 0.429 e. The SMILES string of the molecule is CC(=O)N1CC(OC(=O)OC(C)(C)C)CC1CO. The number of rotatable bonds is 2. The van der Waals surface area contributed by atoms with Gasteiger partial charge in [0.1, 0.15) is 11.7 Å². The first-order valence-electron chi connectivity index (χ1n) is 6.00. The zero-order chi connectivity index (χ0) is 13.9. The third-order valence-corrected chi connectivity index (χ3v) is 2.64. The third-order valence-electron chi connectivity index (χ3n) is 2.64. The maximum atomic E-state index is 11.5. The van der Waals surface area contributed by atoms with Gasteiger partial charge in [-0.05, 0) is 20.8 Å². The average Bonchev–Trinajstić information content (AvgIpc) is 2.57. The second-order valence-electron chi connectivity index (χ2n) is 5.45. The van der Waals surface area contributed by atoms with Crippen molar-refractivity contribution in [2.24, 2.45) is 0 Å². The van der Waals surface area contributed by atoms with Crippen LogP contribution in [0.15, 0.2) is 0 Å². The predicted molar refractivity (Wildman–Crippen MR) is 64.0 cm³/mol. The number of likely N-dealkylation sites (tertiary alicyclic amines) is 1. The lowest BCUT2D eigenvalue weighted by Crippen LogP contribution is -2.36. The van der Waals surface area contributed by atoms with Crippen LogP contribution in [0.25, 0.3) is 0 Å². The van der Waals surface area contributed by atoms with Crippen LogP contribution in [-0.4, -0.2) is 53.0 Å². The first kappa shape index (κ1) is 14.8. The van der Waals surface area contributed by atoms with E-state index in [0.717, 1.165) is 0 Å². The summed E-state index contributed by atoms with van der Waals surface area (Å²) in [6.07, 6.45) is -0.717. The second-order valence-corrected chi connectivity index (χ2v) is 5.45. The van der Waals surface area contributed by atoms with Crippen LogP contribution < -0.4 is 0 Å². The Labute approximate surface area is 107 Å². The van der Waals surface area contributed by atoms with E-state index in [1.165, 1.54) is 11.8 Å². The van der Waals surface area contributed by atoms with E-state index in [1.54, 1.807) is 20.8 Å². The highest BCUT2D eigenvalue weighted by molar-refractivity contribution is 5.74. The minimum Gasteiger partial charge on any atom is -0.429 e. The maximum absolute atomic E-state index is 11.5. The van der Waals surface area contributed by atoms with Gasteiger partial charge in [-0.3, -0.25) is 4.79 Å². The number of carbonyl (C=O) groups excluding carboxylic acids is 2. The standard InChI is InChI=1S/C12H21NO5/c1-8(15)13-6-10(5-9(13)7-14)17-11(16)18-12(2,3)4/h9-10,14H,5-7H2,1-4H3. The normalized spacial score (nSPS) is 23.9. The number of carbonyl (C=O) groups is 2. The molecule has 0 aromatic rings. The molecule has 1 amide bonds. The van der Waals surface area contributed by atoms with Crippen molar-refractivity contribution in [3.63, 3.8) is 0 Å². The van der Waals surface area contributed by atoms with Gasteiger partial charge in [-0.1, -0.05) is 0 Å². The van der Waals surface area contributed by atoms with Crippen molar-refractivity contribution in [2.75, 3.05) is 13.2 Å². The van der Waals surface area contributed by atoms with Crippen molar-refractivity contribution in [1.82, 2.24) is 4.90 Å². The van der Waals surface area contributed by atoms with Crippen molar-refractivity contribution in [1.29, 1.82) is 0 Å². The van der Waals surface area contributed by atoms with Crippen LogP contribution >= 0.6 is 0 Å². The largest absolute Gasteiger partial charge is 0.509 e. The molecule has 0 saturated carbocycles. The van der Waals surface area contributed by atoms with E-state index >= 15 is 0 Å². The lowest BCUT2D eigenvalue weighted by Gasteiger charge is -2.21. The molecule has 1 heterocycles. The Kier molecular flexibility index (Phi) is 4.56. The molecule has 2 unspecified atom stereocenters. The molecule has 1 aliphatic heterocycles. The zero-order valence-corrected chi connectivity index (χ0v) is 11.3. The van der Waals surface area contributed by atoms with Gasteiger partial charge < -0.3 is 19.5 Å². The van der Waals surface area contributed by atoms with E-state index in [2.05, 4.69) is 0 Å². The first-order chi connectivity index (χ1) is 8.23. The molecule has 1 fully saturated rings. The molecule has 1 N–H and O–H groups in total. The summed E-state index contributed by atoms with van der Waals surface area (Å²) in [7, 11) is 0. The quantitative estimate of drug-likeness (QED) is 0.746. The van der Waals surface area contributed by atoms with Crippen molar-refractivity contribution < 1.29 is 24.2 Å². The fourth-order valence-electron chi connectivity index (χ4n) is 1.93. The fourth-order valence-corrected chi connectivity index (χ4v) is 1.93. The Balaban J connectivity index is 2.50. The van der Waals surface area contributed by atoms with E-state index in [-0.39, 0.29) is 18.6 Å². The predicted octanol–water partition coefficient (Wildman–Crippen LogP) is 0.920. The van der Waals surface area contributed by atoms with Crippen molar-refractivity contribution in [3.05, 3.63) is 0 Å². The molecular formula is C12H21NO5. The van der Waals surface area contributed by atoms with E-state index in [9.17, 15) is 9.59 Å². The molecular weight excluding hydrogens is 238 g/mol. The number of aliphatic hydroxyl groups is 1. The molecule has 6 heteroatoms. The highest BCUT2D eigenvalue weighted by Gasteiger charge is 2.36. The second kappa shape index (κ2) is 5.56. The molecule has 0 aromatic carbocycles. The Bertz CT molecular complexity index is 323. The number of aliphatic hydroxyl groups excluding tert-OH is 1. The number of amides is 1. The summed E-state index contributed by atoms with van der Waals surface area (Å²) >= 11 is 0. The van der Waals surface area contributed by atoms with E-state index in [0.29, 0.717) is 13.0 Å². The number of hydrogen-bond acceptors (Lipinski definition) is 5. The molecule has 1 aliphatic rings. The van der Waals surface area contributed by atoms with Crippen LogP contribution in [0.1, 0.15) is 34.1 Å². The minimum atomic E-state index is -0.741. The van der Waals surface area contributed by atoms with Crippen LogP contribution in [0.5, 0.6) is 0 Å². The van der Waals surface area contributed by atoms with E-state index in [1.807, 2.05) is 0 Å². The molecule has 1 rings (SSSR count). The summed E-state index contributed by atoms with van der Waals surface area (Å²) in [6.45, 7) is 6.86. The van der Waals surface area contributed by atoms with Gasteiger partial charge >= 0.3 is 6.16 Å². The van der Waals surface area contributed by atoms with Gasteiger partial charge in [0.15, 0.2) is 0 Å². The Morgan fingerprint density at radius 2 is 2.00 bits per heavy atom. The summed E-state index contributed by atoms with van der Waals surface area (Å²) in [5.74, 6) is -0.135. The Morgan fingerprint density at radius 1 is 1.39 bits per heavy atom. The van der Waals surface area contributed by atoms with Gasteiger partial charge in [0.25, 0.3) is 0 Å². The summed E-state index contributed by atoms with van der Waals surface area (Å²) in [5.41, 5.74) is -0.605. The van der Waals surface area contributed by atoms with E-state index < -0.39 is 17.9 Å². The molecule has 18 heavy (non-hydrogen) atoms. The molecule has 0 aromatic heterocycles. The Hall–Kier alpha value is -1.30. The zero-order valence-electron chi connectivity index (χ0n) is 11.3. The van der Waals surface area contributed by atoms with Crippen LogP contribution in [-0.2, 0) is 14.3 Å². The van der Waals surface area contributed by atoms with Gasteiger partial charge in [-0.15, -0.1) is 0 Å². The molecule has 2 atom stereocenters. The molecule has 1 saturated heterocycles. The van der Waals surface area contributed by atoms with Gasteiger partial charge in [0, 0.05) is 13.3 Å². The van der Waals surface area contributed by atoms with Gasteiger partial charge in [-0.25, -0.2) is 4.79 Å². The van der Waals surface area contributed by atoms with Crippen molar-refractivity contribution in [3.8, 4) is 0 Å². The minimum absolute atomic E-state index is 0.131. The first-order valence-corrected chi connectivity index (χ1v) is 6.00. The molecule has 104 valence electrons. The summed E-state index contributed by atoms with van der Waals surface area (Å²) in [4.78, 5) is 24.3. The monoisotopic (exact) mass is 259 g/mol.